The highest BCUT2D eigenvalue weighted by atomic mass is 19.1. The number of hydrogen-bond donors (Lipinski definition) is 1. The molecule has 0 saturated carbocycles. The van der Waals surface area contributed by atoms with E-state index in [-0.39, 0.29) is 0 Å². The molecular formula is C12H12FN3O. The molecule has 2 aromatic rings. The summed E-state index contributed by atoms with van der Waals surface area (Å²) in [5, 5.41) is 0. The average Bonchev–Trinajstić information content (AvgIpc) is 2.39. The molecule has 1 aromatic heterocycles. The molecule has 2 N–H and O–H groups in total. The molecule has 0 fully saturated rings. The average molecular weight is 233 g/mol. The molecule has 1 aromatic carbocycles. The van der Waals surface area contributed by atoms with Crippen molar-refractivity contribution in [3.63, 3.8) is 0 Å². The van der Waals surface area contributed by atoms with Gasteiger partial charge in [0, 0.05) is 24.0 Å². The molecule has 1 heterocycles. The summed E-state index contributed by atoms with van der Waals surface area (Å²) in [6.07, 6.45) is 3.15. The SMILES string of the molecule is COc1ccc(C(N)c2ncccn2)c(F)c1. The van der Waals surface area contributed by atoms with E-state index in [9.17, 15) is 4.39 Å². The van der Waals surface area contributed by atoms with Crippen LogP contribution < -0.4 is 10.5 Å². The summed E-state index contributed by atoms with van der Waals surface area (Å²) < 4.78 is 18.7. The second-order valence-electron chi connectivity index (χ2n) is 3.47. The lowest BCUT2D eigenvalue weighted by molar-refractivity contribution is 0.410. The van der Waals surface area contributed by atoms with E-state index >= 15 is 0 Å². The van der Waals surface area contributed by atoms with Crippen LogP contribution in [0, 0.1) is 5.82 Å². The number of halogens is 1. The first-order valence-corrected chi connectivity index (χ1v) is 5.08. The molecule has 0 amide bonds. The number of rotatable bonds is 3. The second-order valence-corrected chi connectivity index (χ2v) is 3.47. The fraction of sp³-hybridized carbons (Fsp3) is 0.167. The second kappa shape index (κ2) is 4.88. The van der Waals surface area contributed by atoms with Crippen molar-refractivity contribution in [3.8, 4) is 5.75 Å². The zero-order valence-corrected chi connectivity index (χ0v) is 9.30. The Morgan fingerprint density at radius 2 is 2.00 bits per heavy atom. The Bertz CT molecular complexity index is 504. The van der Waals surface area contributed by atoms with Crippen molar-refractivity contribution in [2.24, 2.45) is 5.73 Å². The largest absolute Gasteiger partial charge is 0.497 e. The molecule has 0 radical (unpaired) electrons. The Kier molecular flexibility index (Phi) is 3.30. The molecule has 4 nitrogen and oxygen atoms in total. The lowest BCUT2D eigenvalue weighted by atomic mass is 10.1. The summed E-state index contributed by atoms with van der Waals surface area (Å²) in [5.74, 6) is 0.410. The van der Waals surface area contributed by atoms with Crippen molar-refractivity contribution >= 4 is 0 Å². The summed E-state index contributed by atoms with van der Waals surface area (Å²) in [6, 6.07) is 5.52. The van der Waals surface area contributed by atoms with Crippen molar-refractivity contribution in [1.82, 2.24) is 9.97 Å². The van der Waals surface area contributed by atoms with E-state index in [4.69, 9.17) is 10.5 Å². The van der Waals surface area contributed by atoms with Crippen LogP contribution in [0.5, 0.6) is 5.75 Å². The monoisotopic (exact) mass is 233 g/mol. The van der Waals surface area contributed by atoms with Crippen molar-refractivity contribution in [2.45, 2.75) is 6.04 Å². The van der Waals surface area contributed by atoms with Gasteiger partial charge in [-0.3, -0.25) is 0 Å². The highest BCUT2D eigenvalue weighted by Crippen LogP contribution is 2.23. The van der Waals surface area contributed by atoms with Crippen LogP contribution in [-0.4, -0.2) is 17.1 Å². The molecule has 0 spiro atoms. The van der Waals surface area contributed by atoms with Gasteiger partial charge in [-0.1, -0.05) is 6.07 Å². The molecule has 17 heavy (non-hydrogen) atoms. The van der Waals surface area contributed by atoms with Gasteiger partial charge in [-0.05, 0) is 12.1 Å². The molecule has 0 aliphatic rings. The fourth-order valence-electron chi connectivity index (χ4n) is 1.50. The number of ether oxygens (including phenoxy) is 1. The van der Waals surface area contributed by atoms with Crippen molar-refractivity contribution in [1.29, 1.82) is 0 Å². The van der Waals surface area contributed by atoms with Crippen molar-refractivity contribution in [2.75, 3.05) is 7.11 Å². The maximum atomic E-state index is 13.8. The summed E-state index contributed by atoms with van der Waals surface area (Å²) in [4.78, 5) is 8.01. The predicted octanol–water partition coefficient (Wildman–Crippen LogP) is 1.67. The van der Waals surface area contributed by atoms with Crippen LogP contribution in [0.4, 0.5) is 4.39 Å². The Labute approximate surface area is 98.3 Å². The minimum absolute atomic E-state index is 0.344. The molecule has 0 saturated heterocycles. The van der Waals surface area contributed by atoms with Crippen LogP contribution >= 0.6 is 0 Å². The van der Waals surface area contributed by atoms with E-state index in [2.05, 4.69) is 9.97 Å². The standard InChI is InChI=1S/C12H12FN3O/c1-17-8-3-4-9(10(13)7-8)11(14)12-15-5-2-6-16-12/h2-7,11H,14H2,1H3. The summed E-state index contributed by atoms with van der Waals surface area (Å²) in [5.41, 5.74) is 6.25. The Morgan fingerprint density at radius 3 is 2.59 bits per heavy atom. The van der Waals surface area contributed by atoms with Crippen LogP contribution in [0.15, 0.2) is 36.7 Å². The van der Waals surface area contributed by atoms with Crippen LogP contribution in [0.3, 0.4) is 0 Å². The van der Waals surface area contributed by atoms with Gasteiger partial charge in [0.15, 0.2) is 0 Å². The molecule has 1 atom stereocenters. The van der Waals surface area contributed by atoms with Crippen molar-refractivity contribution in [3.05, 3.63) is 53.9 Å². The molecular weight excluding hydrogens is 221 g/mol. The lowest BCUT2D eigenvalue weighted by Crippen LogP contribution is -2.16. The third-order valence-corrected chi connectivity index (χ3v) is 2.41. The Morgan fingerprint density at radius 1 is 1.29 bits per heavy atom. The van der Waals surface area contributed by atoms with Crippen LogP contribution in [0.2, 0.25) is 0 Å². The maximum Gasteiger partial charge on any atom is 0.149 e. The van der Waals surface area contributed by atoms with Crippen LogP contribution in [-0.2, 0) is 0 Å². The van der Waals surface area contributed by atoms with Gasteiger partial charge < -0.3 is 10.5 Å². The first kappa shape index (κ1) is 11.5. The van der Waals surface area contributed by atoms with E-state index in [0.29, 0.717) is 17.1 Å². The minimum Gasteiger partial charge on any atom is -0.497 e. The van der Waals surface area contributed by atoms with Crippen LogP contribution in [0.25, 0.3) is 0 Å². The van der Waals surface area contributed by atoms with Gasteiger partial charge in [0.1, 0.15) is 17.4 Å². The third kappa shape index (κ3) is 2.39. The van der Waals surface area contributed by atoms with E-state index < -0.39 is 11.9 Å². The summed E-state index contributed by atoms with van der Waals surface area (Å²) >= 11 is 0. The number of nitrogens with two attached hydrogens (primary N) is 1. The third-order valence-electron chi connectivity index (χ3n) is 2.41. The molecule has 0 aliphatic carbocycles. The number of nitrogens with zero attached hydrogens (tertiary/aromatic N) is 2. The molecule has 2 rings (SSSR count). The Balaban J connectivity index is 2.34. The van der Waals surface area contributed by atoms with Crippen LogP contribution in [0.1, 0.15) is 17.4 Å². The highest BCUT2D eigenvalue weighted by molar-refractivity contribution is 5.33. The normalized spacial score (nSPS) is 12.2. The quantitative estimate of drug-likeness (QED) is 0.876. The zero-order chi connectivity index (χ0) is 12.3. The topological polar surface area (TPSA) is 61.0 Å². The van der Waals surface area contributed by atoms with Gasteiger partial charge >= 0.3 is 0 Å². The number of benzene rings is 1. The first-order chi connectivity index (χ1) is 8.22. The number of hydrogen-bond acceptors (Lipinski definition) is 4. The first-order valence-electron chi connectivity index (χ1n) is 5.08. The molecule has 88 valence electrons. The number of methoxy groups -OCH3 is 1. The van der Waals surface area contributed by atoms with Gasteiger partial charge in [-0.2, -0.15) is 0 Å². The van der Waals surface area contributed by atoms with Gasteiger partial charge in [0.05, 0.1) is 13.2 Å². The van der Waals surface area contributed by atoms with Gasteiger partial charge in [-0.15, -0.1) is 0 Å². The van der Waals surface area contributed by atoms with E-state index in [0.717, 1.165) is 0 Å². The van der Waals surface area contributed by atoms with E-state index in [1.165, 1.54) is 13.2 Å². The zero-order valence-electron chi connectivity index (χ0n) is 9.30. The molecule has 0 bridgehead atoms. The summed E-state index contributed by atoms with van der Waals surface area (Å²) in [7, 11) is 1.48. The van der Waals surface area contributed by atoms with Gasteiger partial charge in [-0.25, -0.2) is 14.4 Å². The lowest BCUT2D eigenvalue weighted by Gasteiger charge is -2.12. The molecule has 1 unspecified atom stereocenters. The van der Waals surface area contributed by atoms with Gasteiger partial charge in [0.25, 0.3) is 0 Å². The summed E-state index contributed by atoms with van der Waals surface area (Å²) in [6.45, 7) is 0. The van der Waals surface area contributed by atoms with E-state index in [1.54, 1.807) is 30.6 Å². The Hall–Kier alpha value is -2.01. The minimum atomic E-state index is -0.679. The fourth-order valence-corrected chi connectivity index (χ4v) is 1.50. The number of aromatic nitrogens is 2. The van der Waals surface area contributed by atoms with Crippen molar-refractivity contribution < 1.29 is 9.13 Å². The highest BCUT2D eigenvalue weighted by Gasteiger charge is 2.16. The van der Waals surface area contributed by atoms with Gasteiger partial charge in [0.2, 0.25) is 0 Å². The smallest absolute Gasteiger partial charge is 0.149 e. The molecule has 0 aliphatic heterocycles. The maximum absolute atomic E-state index is 13.8. The van der Waals surface area contributed by atoms with E-state index in [1.807, 2.05) is 0 Å². The predicted molar refractivity (Wildman–Crippen MR) is 61.0 cm³/mol. The molecule has 5 heteroatoms.